The van der Waals surface area contributed by atoms with Crippen LogP contribution in [0.15, 0.2) is 42.5 Å². The van der Waals surface area contributed by atoms with Crippen LogP contribution in [0.4, 0.5) is 22.0 Å². The summed E-state index contributed by atoms with van der Waals surface area (Å²) in [5.41, 5.74) is -0.810. The number of halogens is 5. The smallest absolute Gasteiger partial charge is 0.335 e. The first kappa shape index (κ1) is 18.7. The summed E-state index contributed by atoms with van der Waals surface area (Å²) in [7, 11) is 1.39. The molecule has 0 aromatic heterocycles. The molecule has 0 heterocycles. The van der Waals surface area contributed by atoms with E-state index in [1.807, 2.05) is 0 Å². The third-order valence-electron chi connectivity index (χ3n) is 3.42. The second kappa shape index (κ2) is 6.70. The van der Waals surface area contributed by atoms with Gasteiger partial charge < -0.3 is 10.1 Å². The maximum Gasteiger partial charge on any atom is 0.335 e. The van der Waals surface area contributed by atoms with Gasteiger partial charge in [-0.3, -0.25) is 4.79 Å². The number of nitrogens with one attached hydrogen (secondary N) is 1. The van der Waals surface area contributed by atoms with Crippen molar-refractivity contribution in [2.24, 2.45) is 0 Å². The Hall–Kier alpha value is -2.64. The van der Waals surface area contributed by atoms with Crippen molar-refractivity contribution in [3.8, 4) is 11.5 Å². The van der Waals surface area contributed by atoms with Gasteiger partial charge in [0.25, 0.3) is 5.91 Å². The lowest BCUT2D eigenvalue weighted by Crippen LogP contribution is -2.34. The van der Waals surface area contributed by atoms with Crippen molar-refractivity contribution >= 4 is 5.91 Å². The molecule has 0 aliphatic carbocycles. The molecule has 0 radical (unpaired) electrons. The number of ether oxygens (including phenoxy) is 1. The first-order valence-electron chi connectivity index (χ1n) is 7.12. The van der Waals surface area contributed by atoms with Crippen LogP contribution in [0.5, 0.6) is 11.5 Å². The Kier molecular flexibility index (Phi) is 5.01. The molecule has 0 fully saturated rings. The van der Waals surface area contributed by atoms with Crippen LogP contribution in [0.25, 0.3) is 0 Å². The van der Waals surface area contributed by atoms with Crippen molar-refractivity contribution < 1.29 is 31.5 Å². The summed E-state index contributed by atoms with van der Waals surface area (Å²) < 4.78 is 72.1. The molecule has 0 saturated carbocycles. The molecule has 0 bridgehead atoms. The summed E-state index contributed by atoms with van der Waals surface area (Å²) in [5, 5.41) is 2.33. The quantitative estimate of drug-likeness (QED) is 0.784. The van der Waals surface area contributed by atoms with Gasteiger partial charge in [-0.25, -0.2) is 4.39 Å². The molecule has 0 atom stereocenters. The first-order valence-corrected chi connectivity index (χ1v) is 7.12. The van der Waals surface area contributed by atoms with E-state index in [0.29, 0.717) is 0 Å². The zero-order valence-electron chi connectivity index (χ0n) is 13.2. The minimum absolute atomic E-state index is 0.0226. The third kappa shape index (κ3) is 3.89. The van der Waals surface area contributed by atoms with E-state index in [-0.39, 0.29) is 24.0 Å². The maximum atomic E-state index is 13.9. The lowest BCUT2D eigenvalue weighted by atomic mass is 10.0. The van der Waals surface area contributed by atoms with Crippen LogP contribution in [-0.2, 0) is 5.92 Å². The zero-order valence-corrected chi connectivity index (χ0v) is 13.2. The van der Waals surface area contributed by atoms with Gasteiger partial charge in [-0.1, -0.05) is 0 Å². The molecular formula is C17H14F5NO2. The Morgan fingerprint density at radius 3 is 2.12 bits per heavy atom. The van der Waals surface area contributed by atoms with Crippen LogP contribution in [-0.4, -0.2) is 18.9 Å². The van der Waals surface area contributed by atoms with Crippen LogP contribution in [0.3, 0.4) is 0 Å². The molecule has 1 amide bonds. The summed E-state index contributed by atoms with van der Waals surface area (Å²) in [6, 6.07) is 7.09. The number of alkyl halides is 4. The fourth-order valence-electron chi connectivity index (χ4n) is 1.98. The number of hydrogen-bond donors (Lipinski definition) is 1. The molecule has 3 nitrogen and oxygen atoms in total. The fourth-order valence-corrected chi connectivity index (χ4v) is 1.98. The normalized spacial score (nSPS) is 12.0. The van der Waals surface area contributed by atoms with E-state index in [1.165, 1.54) is 19.2 Å². The second-order valence-electron chi connectivity index (χ2n) is 5.31. The van der Waals surface area contributed by atoms with Gasteiger partial charge in [0, 0.05) is 25.1 Å². The Morgan fingerprint density at radius 2 is 1.64 bits per heavy atom. The van der Waals surface area contributed by atoms with Gasteiger partial charge in [0.2, 0.25) is 0 Å². The van der Waals surface area contributed by atoms with E-state index in [9.17, 15) is 26.7 Å². The highest BCUT2D eigenvalue weighted by Gasteiger charge is 2.53. The highest BCUT2D eigenvalue weighted by molar-refractivity contribution is 5.94. The van der Waals surface area contributed by atoms with Crippen LogP contribution in [0.1, 0.15) is 22.8 Å². The molecule has 0 unspecified atom stereocenters. The van der Waals surface area contributed by atoms with Crippen LogP contribution in [0.2, 0.25) is 0 Å². The van der Waals surface area contributed by atoms with E-state index in [2.05, 4.69) is 5.32 Å². The lowest BCUT2D eigenvalue weighted by Gasteiger charge is -2.23. The van der Waals surface area contributed by atoms with Gasteiger partial charge in [-0.05, 0) is 42.5 Å². The SMILES string of the molecule is CNC(=O)c1ccc(Oc2ccc(C(F)(F)C(C)(F)F)cc2)c(F)c1. The summed E-state index contributed by atoms with van der Waals surface area (Å²) in [6.45, 7) is 0.126. The lowest BCUT2D eigenvalue weighted by molar-refractivity contribution is -0.204. The number of amides is 1. The number of rotatable bonds is 5. The van der Waals surface area contributed by atoms with Gasteiger partial charge in [0.1, 0.15) is 5.75 Å². The summed E-state index contributed by atoms with van der Waals surface area (Å²) in [6.07, 6.45) is 0. The van der Waals surface area contributed by atoms with Gasteiger partial charge in [-0.15, -0.1) is 0 Å². The van der Waals surface area contributed by atoms with Crippen molar-refractivity contribution in [1.82, 2.24) is 5.32 Å². The van der Waals surface area contributed by atoms with Gasteiger partial charge >= 0.3 is 11.8 Å². The average molecular weight is 359 g/mol. The van der Waals surface area contributed by atoms with E-state index in [0.717, 1.165) is 30.3 Å². The van der Waals surface area contributed by atoms with E-state index in [1.54, 1.807) is 0 Å². The molecule has 0 aliphatic heterocycles. The minimum atomic E-state index is -4.34. The average Bonchev–Trinajstić information content (AvgIpc) is 2.55. The third-order valence-corrected chi connectivity index (χ3v) is 3.42. The largest absolute Gasteiger partial charge is 0.454 e. The monoisotopic (exact) mass is 359 g/mol. The fraction of sp³-hybridized carbons (Fsp3) is 0.235. The highest BCUT2D eigenvalue weighted by Crippen LogP contribution is 2.43. The molecule has 2 rings (SSSR count). The molecule has 0 spiro atoms. The van der Waals surface area contributed by atoms with Gasteiger partial charge in [-0.2, -0.15) is 17.6 Å². The van der Waals surface area contributed by atoms with E-state index in [4.69, 9.17) is 4.74 Å². The molecule has 2 aromatic rings. The summed E-state index contributed by atoms with van der Waals surface area (Å²) in [4.78, 5) is 11.4. The maximum absolute atomic E-state index is 13.9. The molecule has 0 aliphatic rings. The zero-order chi connectivity index (χ0) is 18.8. The van der Waals surface area contributed by atoms with Crippen LogP contribution >= 0.6 is 0 Å². The molecular weight excluding hydrogens is 345 g/mol. The molecule has 1 N–H and O–H groups in total. The van der Waals surface area contributed by atoms with Crippen molar-refractivity contribution in [1.29, 1.82) is 0 Å². The molecule has 134 valence electrons. The van der Waals surface area contributed by atoms with Crippen LogP contribution in [0, 0.1) is 5.82 Å². The summed E-state index contributed by atoms with van der Waals surface area (Å²) in [5.74, 6) is -10.2. The Morgan fingerprint density at radius 1 is 1.04 bits per heavy atom. The van der Waals surface area contributed by atoms with Gasteiger partial charge in [0.05, 0.1) is 0 Å². The van der Waals surface area contributed by atoms with Gasteiger partial charge in [0.15, 0.2) is 11.6 Å². The number of hydrogen-bond acceptors (Lipinski definition) is 2. The van der Waals surface area contributed by atoms with E-state index < -0.39 is 29.1 Å². The van der Waals surface area contributed by atoms with Crippen molar-refractivity contribution in [3.63, 3.8) is 0 Å². The minimum Gasteiger partial charge on any atom is -0.454 e. The molecule has 0 saturated heterocycles. The molecule has 2 aromatic carbocycles. The summed E-state index contributed by atoms with van der Waals surface area (Å²) >= 11 is 0. The predicted octanol–water partition coefficient (Wildman–Crippen LogP) is 4.72. The Labute approximate surface area is 140 Å². The Balaban J connectivity index is 2.21. The highest BCUT2D eigenvalue weighted by atomic mass is 19.3. The second-order valence-corrected chi connectivity index (χ2v) is 5.31. The standard InChI is InChI=1S/C17H14F5NO2/c1-16(19,20)17(21,22)11-4-6-12(7-5-11)25-14-8-3-10(9-13(14)18)15(24)23-2/h3-9H,1-2H3,(H,23,24). The topological polar surface area (TPSA) is 38.3 Å². The van der Waals surface area contributed by atoms with E-state index >= 15 is 0 Å². The first-order chi connectivity index (χ1) is 11.6. The number of carbonyl (C=O) groups excluding carboxylic acids is 1. The predicted molar refractivity (Wildman–Crippen MR) is 80.8 cm³/mol. The number of carbonyl (C=O) groups is 1. The van der Waals surface area contributed by atoms with Crippen molar-refractivity contribution in [3.05, 3.63) is 59.4 Å². The molecule has 25 heavy (non-hydrogen) atoms. The number of benzene rings is 2. The van der Waals surface area contributed by atoms with Crippen molar-refractivity contribution in [2.45, 2.75) is 18.8 Å². The van der Waals surface area contributed by atoms with Crippen LogP contribution < -0.4 is 10.1 Å². The Bertz CT molecular complexity index is 770. The molecule has 8 heteroatoms. The van der Waals surface area contributed by atoms with Crippen molar-refractivity contribution in [2.75, 3.05) is 7.05 Å².